The van der Waals surface area contributed by atoms with Gasteiger partial charge in [-0.15, -0.1) is 0 Å². The molecule has 0 spiro atoms. The minimum absolute atomic E-state index is 0.0727. The normalized spacial score (nSPS) is 22.2. The Bertz CT molecular complexity index is 976. The van der Waals surface area contributed by atoms with E-state index in [1.807, 2.05) is 4.90 Å². The first kappa shape index (κ1) is 19.4. The number of hydrogen-bond donors (Lipinski definition) is 0. The Kier molecular flexibility index (Phi) is 5.18. The van der Waals surface area contributed by atoms with Crippen molar-refractivity contribution in [2.24, 2.45) is 0 Å². The van der Waals surface area contributed by atoms with E-state index in [2.05, 4.69) is 9.88 Å². The lowest BCUT2D eigenvalue weighted by molar-refractivity contribution is -0.130. The van der Waals surface area contributed by atoms with Crippen LogP contribution in [0.25, 0.3) is 11.1 Å². The molecular weight excluding hydrogens is 378 g/mol. The van der Waals surface area contributed by atoms with Crippen LogP contribution in [0.5, 0.6) is 0 Å². The highest BCUT2D eigenvalue weighted by Crippen LogP contribution is 2.32. The zero-order valence-corrected chi connectivity index (χ0v) is 17.2. The highest BCUT2D eigenvalue weighted by atomic mass is 32.2. The Labute approximate surface area is 165 Å². The summed E-state index contributed by atoms with van der Waals surface area (Å²) in [5.74, 6) is 1.16. The van der Waals surface area contributed by atoms with E-state index >= 15 is 0 Å². The smallest absolute Gasteiger partial charge is 0.219 e. The first-order valence-electron chi connectivity index (χ1n) is 10.00. The van der Waals surface area contributed by atoms with Gasteiger partial charge in [-0.25, -0.2) is 13.4 Å². The number of sulfone groups is 1. The highest BCUT2D eigenvalue weighted by Gasteiger charge is 2.34. The van der Waals surface area contributed by atoms with Crippen LogP contribution in [0.4, 0.5) is 0 Å². The lowest BCUT2D eigenvalue weighted by atomic mass is 10.0. The van der Waals surface area contributed by atoms with Gasteiger partial charge in [-0.1, -0.05) is 6.92 Å². The fraction of sp³-hybridized carbons (Fsp3) is 0.600. The Morgan fingerprint density at radius 3 is 2.64 bits per heavy atom. The van der Waals surface area contributed by atoms with Crippen molar-refractivity contribution in [3.63, 3.8) is 0 Å². The van der Waals surface area contributed by atoms with Gasteiger partial charge < -0.3 is 9.32 Å². The van der Waals surface area contributed by atoms with Crippen molar-refractivity contribution < 1.29 is 17.6 Å². The minimum Gasteiger partial charge on any atom is -0.440 e. The summed E-state index contributed by atoms with van der Waals surface area (Å²) in [5.41, 5.74) is 1.25. The Morgan fingerprint density at radius 1 is 1.21 bits per heavy atom. The molecule has 1 aromatic heterocycles. The van der Waals surface area contributed by atoms with E-state index in [0.717, 1.165) is 45.4 Å². The van der Waals surface area contributed by atoms with Gasteiger partial charge in [-0.3, -0.25) is 9.69 Å². The van der Waals surface area contributed by atoms with Gasteiger partial charge in [0, 0.05) is 38.5 Å². The van der Waals surface area contributed by atoms with Crippen LogP contribution >= 0.6 is 0 Å². The number of carbonyl (C=O) groups excluding carboxylic acids is 1. The first-order chi connectivity index (χ1) is 13.4. The van der Waals surface area contributed by atoms with Crippen LogP contribution in [0.2, 0.25) is 0 Å². The molecule has 152 valence electrons. The van der Waals surface area contributed by atoms with Gasteiger partial charge in [-0.05, 0) is 44.0 Å². The second-order valence-corrected chi connectivity index (χ2v) is 10.1. The highest BCUT2D eigenvalue weighted by molar-refractivity contribution is 7.91. The predicted octanol–water partition coefficient (Wildman–Crippen LogP) is 2.42. The average Bonchev–Trinajstić information content (AvgIpc) is 3.34. The monoisotopic (exact) mass is 405 g/mol. The molecule has 2 aliphatic heterocycles. The molecule has 1 atom stereocenters. The largest absolute Gasteiger partial charge is 0.440 e. The van der Waals surface area contributed by atoms with Crippen molar-refractivity contribution in [3.05, 3.63) is 24.1 Å². The number of fused-ring (bicyclic) bond motifs is 1. The minimum atomic E-state index is -3.25. The fourth-order valence-corrected chi connectivity index (χ4v) is 5.23. The van der Waals surface area contributed by atoms with Crippen LogP contribution in [0.15, 0.2) is 27.5 Å². The number of piperidine rings is 1. The molecule has 0 radical (unpaired) electrons. The molecule has 1 amide bonds. The Hall–Kier alpha value is -1.93. The van der Waals surface area contributed by atoms with Gasteiger partial charge in [0.05, 0.1) is 10.6 Å². The summed E-state index contributed by atoms with van der Waals surface area (Å²) in [6.45, 7) is 6.84. The molecule has 3 heterocycles. The maximum absolute atomic E-state index is 12.1. The van der Waals surface area contributed by atoms with E-state index in [4.69, 9.17) is 4.42 Å². The van der Waals surface area contributed by atoms with Gasteiger partial charge in [0.15, 0.2) is 21.3 Å². The quantitative estimate of drug-likeness (QED) is 0.777. The third-order valence-corrected chi connectivity index (χ3v) is 7.84. The number of aromatic nitrogens is 1. The molecule has 28 heavy (non-hydrogen) atoms. The molecule has 2 aromatic rings. The van der Waals surface area contributed by atoms with Crippen LogP contribution in [0.1, 0.15) is 44.9 Å². The van der Waals surface area contributed by atoms with Gasteiger partial charge in [0.25, 0.3) is 0 Å². The number of carbonyl (C=O) groups is 1. The number of rotatable bonds is 4. The van der Waals surface area contributed by atoms with E-state index in [0.29, 0.717) is 27.9 Å². The van der Waals surface area contributed by atoms with Crippen LogP contribution < -0.4 is 0 Å². The van der Waals surface area contributed by atoms with Crippen molar-refractivity contribution in [1.29, 1.82) is 0 Å². The first-order valence-corrected chi connectivity index (χ1v) is 11.7. The summed E-state index contributed by atoms with van der Waals surface area (Å²) in [6.07, 6.45) is 3.01. The second-order valence-electron chi connectivity index (χ2n) is 7.80. The van der Waals surface area contributed by atoms with Crippen LogP contribution in [0, 0.1) is 0 Å². The van der Waals surface area contributed by atoms with Gasteiger partial charge in [0.2, 0.25) is 5.91 Å². The van der Waals surface area contributed by atoms with E-state index in [1.54, 1.807) is 32.0 Å². The summed E-state index contributed by atoms with van der Waals surface area (Å²) in [7, 11) is -3.25. The fourth-order valence-electron chi connectivity index (χ4n) is 4.33. The van der Waals surface area contributed by atoms with Crippen molar-refractivity contribution in [1.82, 2.24) is 14.8 Å². The van der Waals surface area contributed by atoms with E-state index < -0.39 is 9.84 Å². The topological polar surface area (TPSA) is 83.7 Å². The number of nitrogens with zero attached hydrogens (tertiary/aromatic N) is 3. The number of likely N-dealkylation sites (tertiary alicyclic amines) is 2. The molecule has 0 aliphatic carbocycles. The van der Waals surface area contributed by atoms with Crippen LogP contribution in [-0.2, 0) is 14.6 Å². The standard InChI is InChI=1S/C20H27N3O4S/c1-3-28(25,26)17-4-5-19-18(12-17)21-20(27-19)15-6-9-23(13-15)16-7-10-22(11-8-16)14(2)24/h4-5,12,15-16H,3,6-11,13H2,1-2H3/t15-/m0/s1. The molecule has 0 unspecified atom stereocenters. The van der Waals surface area contributed by atoms with Crippen LogP contribution in [-0.4, -0.2) is 67.1 Å². The number of hydrogen-bond acceptors (Lipinski definition) is 6. The maximum Gasteiger partial charge on any atom is 0.219 e. The summed E-state index contributed by atoms with van der Waals surface area (Å²) >= 11 is 0. The molecule has 0 bridgehead atoms. The lowest BCUT2D eigenvalue weighted by Crippen LogP contribution is -2.45. The predicted molar refractivity (Wildman–Crippen MR) is 106 cm³/mol. The SMILES string of the molecule is CCS(=O)(=O)c1ccc2oc([C@H]3CCN(C4CCN(C(C)=O)CC4)C3)nc2c1. The van der Waals surface area contributed by atoms with Crippen molar-refractivity contribution >= 4 is 26.8 Å². The zero-order chi connectivity index (χ0) is 19.9. The molecule has 0 N–H and O–H groups in total. The molecule has 4 rings (SSSR count). The molecule has 2 fully saturated rings. The van der Waals surface area contributed by atoms with E-state index in [-0.39, 0.29) is 17.6 Å². The lowest BCUT2D eigenvalue weighted by Gasteiger charge is -2.36. The zero-order valence-electron chi connectivity index (χ0n) is 16.4. The second kappa shape index (κ2) is 7.48. The molecule has 2 aliphatic rings. The third kappa shape index (κ3) is 3.67. The molecular formula is C20H27N3O4S. The van der Waals surface area contributed by atoms with Crippen molar-refractivity contribution in [2.45, 2.75) is 50.0 Å². The van der Waals surface area contributed by atoms with E-state index in [9.17, 15) is 13.2 Å². The van der Waals surface area contributed by atoms with Crippen molar-refractivity contribution in [2.75, 3.05) is 31.9 Å². The molecule has 0 saturated carbocycles. The Morgan fingerprint density at radius 2 is 1.96 bits per heavy atom. The summed E-state index contributed by atoms with van der Waals surface area (Å²) in [5, 5.41) is 0. The van der Waals surface area contributed by atoms with Crippen LogP contribution in [0.3, 0.4) is 0 Å². The summed E-state index contributed by atoms with van der Waals surface area (Å²) in [6, 6.07) is 5.43. The third-order valence-electron chi connectivity index (χ3n) is 6.11. The molecule has 2 saturated heterocycles. The van der Waals surface area contributed by atoms with Gasteiger partial charge in [0.1, 0.15) is 5.52 Å². The van der Waals surface area contributed by atoms with Crippen molar-refractivity contribution in [3.8, 4) is 0 Å². The summed E-state index contributed by atoms with van der Waals surface area (Å²) < 4.78 is 30.2. The van der Waals surface area contributed by atoms with Gasteiger partial charge in [-0.2, -0.15) is 0 Å². The Balaban J connectivity index is 1.45. The number of benzene rings is 1. The molecule has 1 aromatic carbocycles. The number of amides is 1. The summed E-state index contributed by atoms with van der Waals surface area (Å²) in [4.78, 5) is 20.8. The molecule has 7 nitrogen and oxygen atoms in total. The molecule has 8 heteroatoms. The van der Waals surface area contributed by atoms with E-state index in [1.165, 1.54) is 0 Å². The van der Waals surface area contributed by atoms with Gasteiger partial charge >= 0.3 is 0 Å². The average molecular weight is 406 g/mol. The number of oxazole rings is 1. The maximum atomic E-state index is 12.1.